The standard InChI is InChI=1S/C15H15N3O/c19-15(14-5-1-2-8-17-14)18-13-6-3-4-11-7-9-16-10-12(11)13/h1-6,8,16H,7,9-10H2,(H,18,19). The van der Waals surface area contributed by atoms with Gasteiger partial charge in [-0.2, -0.15) is 0 Å². The Hall–Kier alpha value is -2.20. The highest BCUT2D eigenvalue weighted by molar-refractivity contribution is 6.03. The highest BCUT2D eigenvalue weighted by Gasteiger charge is 2.14. The number of amides is 1. The summed E-state index contributed by atoms with van der Waals surface area (Å²) in [6.45, 7) is 1.79. The van der Waals surface area contributed by atoms with E-state index >= 15 is 0 Å². The van der Waals surface area contributed by atoms with E-state index in [1.54, 1.807) is 18.3 Å². The average Bonchev–Trinajstić information content (AvgIpc) is 2.48. The maximum absolute atomic E-state index is 12.1. The first kappa shape index (κ1) is 11.9. The highest BCUT2D eigenvalue weighted by Crippen LogP contribution is 2.23. The average molecular weight is 253 g/mol. The van der Waals surface area contributed by atoms with Crippen molar-refractivity contribution in [3.05, 3.63) is 59.4 Å². The number of hydrogen-bond donors (Lipinski definition) is 2. The lowest BCUT2D eigenvalue weighted by Crippen LogP contribution is -2.25. The first-order chi connectivity index (χ1) is 9.34. The van der Waals surface area contributed by atoms with Gasteiger partial charge in [0.05, 0.1) is 0 Å². The van der Waals surface area contributed by atoms with Gasteiger partial charge in [-0.25, -0.2) is 0 Å². The maximum atomic E-state index is 12.1. The number of fused-ring (bicyclic) bond motifs is 1. The fourth-order valence-electron chi connectivity index (χ4n) is 2.31. The normalized spacial score (nSPS) is 13.7. The van der Waals surface area contributed by atoms with E-state index in [1.807, 2.05) is 18.2 Å². The van der Waals surface area contributed by atoms with E-state index in [4.69, 9.17) is 0 Å². The monoisotopic (exact) mass is 253 g/mol. The van der Waals surface area contributed by atoms with E-state index in [9.17, 15) is 4.79 Å². The Morgan fingerprint density at radius 3 is 3.00 bits per heavy atom. The number of aromatic nitrogens is 1. The fourth-order valence-corrected chi connectivity index (χ4v) is 2.31. The lowest BCUT2D eigenvalue weighted by Gasteiger charge is -2.20. The Kier molecular flexibility index (Phi) is 3.25. The van der Waals surface area contributed by atoms with Crippen molar-refractivity contribution < 1.29 is 4.79 Å². The quantitative estimate of drug-likeness (QED) is 0.860. The predicted molar refractivity (Wildman–Crippen MR) is 74.0 cm³/mol. The Morgan fingerprint density at radius 2 is 2.16 bits per heavy atom. The number of carbonyl (C=O) groups excluding carboxylic acids is 1. The summed E-state index contributed by atoms with van der Waals surface area (Å²) >= 11 is 0. The van der Waals surface area contributed by atoms with Crippen LogP contribution in [0.25, 0.3) is 0 Å². The van der Waals surface area contributed by atoms with Crippen LogP contribution >= 0.6 is 0 Å². The van der Waals surface area contributed by atoms with Gasteiger partial charge in [0, 0.05) is 18.4 Å². The summed E-state index contributed by atoms with van der Waals surface area (Å²) in [6.07, 6.45) is 2.62. The molecule has 1 aromatic heterocycles. The van der Waals surface area contributed by atoms with E-state index < -0.39 is 0 Å². The molecule has 2 N–H and O–H groups in total. The van der Waals surface area contributed by atoms with E-state index in [2.05, 4.69) is 21.7 Å². The zero-order chi connectivity index (χ0) is 13.1. The second-order valence-electron chi connectivity index (χ2n) is 4.54. The number of benzene rings is 1. The number of carbonyl (C=O) groups is 1. The zero-order valence-electron chi connectivity index (χ0n) is 10.5. The SMILES string of the molecule is O=C(Nc1cccc2c1CNCC2)c1ccccn1. The van der Waals surface area contributed by atoms with Gasteiger partial charge in [-0.05, 0) is 42.3 Å². The van der Waals surface area contributed by atoms with Crippen molar-refractivity contribution in [3.8, 4) is 0 Å². The van der Waals surface area contributed by atoms with Gasteiger partial charge >= 0.3 is 0 Å². The van der Waals surface area contributed by atoms with Crippen LogP contribution in [0.2, 0.25) is 0 Å². The smallest absolute Gasteiger partial charge is 0.274 e. The minimum atomic E-state index is -0.167. The molecule has 1 aliphatic rings. The summed E-state index contributed by atoms with van der Waals surface area (Å²) < 4.78 is 0. The van der Waals surface area contributed by atoms with Gasteiger partial charge in [-0.3, -0.25) is 9.78 Å². The summed E-state index contributed by atoms with van der Waals surface area (Å²) in [7, 11) is 0. The van der Waals surface area contributed by atoms with Gasteiger partial charge in [0.1, 0.15) is 5.69 Å². The number of rotatable bonds is 2. The molecular weight excluding hydrogens is 238 g/mol. The number of nitrogens with zero attached hydrogens (tertiary/aromatic N) is 1. The lowest BCUT2D eigenvalue weighted by atomic mass is 9.99. The van der Waals surface area contributed by atoms with Crippen molar-refractivity contribution in [3.63, 3.8) is 0 Å². The van der Waals surface area contributed by atoms with E-state index in [0.29, 0.717) is 5.69 Å². The molecule has 0 unspecified atom stereocenters. The molecule has 0 aliphatic carbocycles. The van der Waals surface area contributed by atoms with Crippen LogP contribution in [0.15, 0.2) is 42.6 Å². The van der Waals surface area contributed by atoms with Crippen molar-refractivity contribution >= 4 is 11.6 Å². The Morgan fingerprint density at radius 1 is 1.21 bits per heavy atom. The van der Waals surface area contributed by atoms with Crippen LogP contribution in [-0.2, 0) is 13.0 Å². The van der Waals surface area contributed by atoms with Crippen molar-refractivity contribution in [1.82, 2.24) is 10.3 Å². The van der Waals surface area contributed by atoms with Crippen LogP contribution in [0.1, 0.15) is 21.6 Å². The number of anilines is 1. The lowest BCUT2D eigenvalue weighted by molar-refractivity contribution is 0.102. The van der Waals surface area contributed by atoms with Crippen LogP contribution < -0.4 is 10.6 Å². The molecule has 2 heterocycles. The molecule has 2 aromatic rings. The summed E-state index contributed by atoms with van der Waals surface area (Å²) in [5, 5.41) is 6.27. The molecule has 1 aromatic carbocycles. The molecule has 0 spiro atoms. The van der Waals surface area contributed by atoms with Crippen molar-refractivity contribution in [2.75, 3.05) is 11.9 Å². The maximum Gasteiger partial charge on any atom is 0.274 e. The summed E-state index contributed by atoms with van der Waals surface area (Å²) in [6, 6.07) is 11.4. The second-order valence-corrected chi connectivity index (χ2v) is 4.54. The number of hydrogen-bond acceptors (Lipinski definition) is 3. The minimum Gasteiger partial charge on any atom is -0.320 e. The third-order valence-electron chi connectivity index (χ3n) is 3.29. The van der Waals surface area contributed by atoms with Crippen LogP contribution in [0.5, 0.6) is 0 Å². The summed E-state index contributed by atoms with van der Waals surface area (Å²) in [5.74, 6) is -0.167. The third-order valence-corrected chi connectivity index (χ3v) is 3.29. The molecule has 0 atom stereocenters. The molecule has 1 aliphatic heterocycles. The van der Waals surface area contributed by atoms with Gasteiger partial charge in [-0.15, -0.1) is 0 Å². The van der Waals surface area contributed by atoms with E-state index in [1.165, 1.54) is 11.1 Å². The minimum absolute atomic E-state index is 0.167. The molecule has 3 rings (SSSR count). The molecule has 4 nitrogen and oxygen atoms in total. The molecule has 0 radical (unpaired) electrons. The predicted octanol–water partition coefficient (Wildman–Crippen LogP) is 1.98. The van der Waals surface area contributed by atoms with Gasteiger partial charge in [0.2, 0.25) is 0 Å². The van der Waals surface area contributed by atoms with Gasteiger partial charge in [-0.1, -0.05) is 18.2 Å². The third kappa shape index (κ3) is 2.48. The fraction of sp³-hybridized carbons (Fsp3) is 0.200. The Balaban J connectivity index is 1.86. The molecule has 0 bridgehead atoms. The molecule has 0 saturated heterocycles. The zero-order valence-corrected chi connectivity index (χ0v) is 10.5. The van der Waals surface area contributed by atoms with Crippen LogP contribution in [0, 0.1) is 0 Å². The summed E-state index contributed by atoms with van der Waals surface area (Å²) in [5.41, 5.74) is 3.79. The second kappa shape index (κ2) is 5.20. The molecule has 1 amide bonds. The van der Waals surface area contributed by atoms with Crippen LogP contribution in [-0.4, -0.2) is 17.4 Å². The molecule has 0 saturated carbocycles. The van der Waals surface area contributed by atoms with Crippen molar-refractivity contribution in [2.45, 2.75) is 13.0 Å². The largest absolute Gasteiger partial charge is 0.320 e. The molecule has 4 heteroatoms. The topological polar surface area (TPSA) is 54.0 Å². The van der Waals surface area contributed by atoms with Crippen LogP contribution in [0.4, 0.5) is 5.69 Å². The first-order valence-electron chi connectivity index (χ1n) is 6.38. The van der Waals surface area contributed by atoms with Gasteiger partial charge in [0.15, 0.2) is 0 Å². The molecular formula is C15H15N3O. The number of pyridine rings is 1. The first-order valence-corrected chi connectivity index (χ1v) is 6.38. The van der Waals surface area contributed by atoms with Crippen LogP contribution in [0.3, 0.4) is 0 Å². The molecule has 96 valence electrons. The van der Waals surface area contributed by atoms with Gasteiger partial charge < -0.3 is 10.6 Å². The Labute approximate surface area is 111 Å². The van der Waals surface area contributed by atoms with E-state index in [-0.39, 0.29) is 5.91 Å². The Bertz CT molecular complexity index is 596. The van der Waals surface area contributed by atoms with E-state index in [0.717, 1.165) is 25.2 Å². The van der Waals surface area contributed by atoms with Crippen molar-refractivity contribution in [2.24, 2.45) is 0 Å². The molecule has 19 heavy (non-hydrogen) atoms. The summed E-state index contributed by atoms with van der Waals surface area (Å²) in [4.78, 5) is 16.2. The number of nitrogens with one attached hydrogen (secondary N) is 2. The highest BCUT2D eigenvalue weighted by atomic mass is 16.1. The molecule has 0 fully saturated rings. The van der Waals surface area contributed by atoms with Gasteiger partial charge in [0.25, 0.3) is 5.91 Å². The van der Waals surface area contributed by atoms with Crippen molar-refractivity contribution in [1.29, 1.82) is 0 Å².